The number of allylic oxidation sites excluding steroid dienone is 2. The van der Waals surface area contributed by atoms with Crippen LogP contribution in [0.1, 0.15) is 41.0 Å². The molecule has 0 fully saturated rings. The van der Waals surface area contributed by atoms with Crippen molar-refractivity contribution in [3.63, 3.8) is 0 Å². The van der Waals surface area contributed by atoms with Crippen LogP contribution in [-0.4, -0.2) is 5.71 Å². The summed E-state index contributed by atoms with van der Waals surface area (Å²) in [7, 11) is 0. The second-order valence-corrected chi connectivity index (χ2v) is 3.60. The van der Waals surface area contributed by atoms with E-state index in [2.05, 4.69) is 46.2 Å². The van der Waals surface area contributed by atoms with Gasteiger partial charge < -0.3 is 0 Å². The summed E-state index contributed by atoms with van der Waals surface area (Å²) in [5.41, 5.74) is 3.91. The SMILES string of the molecule is C=C/N=C(C)\C(=C(/C)CC)C(C)C. The number of nitrogens with zero attached hydrogens (tertiary/aromatic N) is 1. The molecule has 13 heavy (non-hydrogen) atoms. The maximum atomic E-state index is 4.24. The molecule has 0 saturated heterocycles. The quantitative estimate of drug-likeness (QED) is 0.579. The normalized spacial score (nSPS) is 14.5. The molecule has 0 rings (SSSR count). The van der Waals surface area contributed by atoms with Gasteiger partial charge in [0.1, 0.15) is 0 Å². The third-order valence-electron chi connectivity index (χ3n) is 2.24. The Kier molecular flexibility index (Phi) is 5.36. The molecular weight excluding hydrogens is 158 g/mol. The standard InChI is InChI=1S/C12H21N/c1-7-10(5)12(9(3)4)11(6)13-8-2/h8-9H,2,7H2,1,3-6H3/b12-10+,13-11-. The third-order valence-corrected chi connectivity index (χ3v) is 2.24. The second kappa shape index (κ2) is 5.74. The summed E-state index contributed by atoms with van der Waals surface area (Å²) < 4.78 is 0. The average molecular weight is 179 g/mol. The van der Waals surface area contributed by atoms with Crippen LogP contribution in [0, 0.1) is 5.92 Å². The fourth-order valence-electron chi connectivity index (χ4n) is 1.62. The molecule has 0 aromatic carbocycles. The van der Waals surface area contributed by atoms with Crippen molar-refractivity contribution in [2.75, 3.05) is 0 Å². The van der Waals surface area contributed by atoms with Crippen molar-refractivity contribution in [2.45, 2.75) is 41.0 Å². The van der Waals surface area contributed by atoms with Gasteiger partial charge in [-0.1, -0.05) is 32.9 Å². The third kappa shape index (κ3) is 3.58. The molecule has 0 aliphatic heterocycles. The predicted molar refractivity (Wildman–Crippen MR) is 61.1 cm³/mol. The fraction of sp³-hybridized carbons (Fsp3) is 0.583. The van der Waals surface area contributed by atoms with Crippen LogP contribution in [0.5, 0.6) is 0 Å². The zero-order valence-corrected chi connectivity index (χ0v) is 9.52. The maximum Gasteiger partial charge on any atom is 0.0406 e. The first kappa shape index (κ1) is 12.2. The molecule has 0 amide bonds. The molecule has 74 valence electrons. The van der Waals surface area contributed by atoms with E-state index in [4.69, 9.17) is 0 Å². The number of hydrogen-bond donors (Lipinski definition) is 0. The lowest BCUT2D eigenvalue weighted by molar-refractivity contribution is 0.781. The van der Waals surface area contributed by atoms with Crippen LogP contribution >= 0.6 is 0 Å². The van der Waals surface area contributed by atoms with Crippen molar-refractivity contribution in [1.29, 1.82) is 0 Å². The Bertz CT molecular complexity index is 232. The molecule has 0 aromatic heterocycles. The van der Waals surface area contributed by atoms with Gasteiger partial charge in [0.15, 0.2) is 0 Å². The highest BCUT2D eigenvalue weighted by atomic mass is 14.7. The first-order valence-corrected chi connectivity index (χ1v) is 4.89. The van der Waals surface area contributed by atoms with Crippen LogP contribution in [0.15, 0.2) is 28.9 Å². The monoisotopic (exact) mass is 179 g/mol. The van der Waals surface area contributed by atoms with E-state index in [1.165, 1.54) is 11.1 Å². The Morgan fingerprint density at radius 3 is 2.23 bits per heavy atom. The molecule has 0 saturated carbocycles. The van der Waals surface area contributed by atoms with Crippen LogP contribution in [-0.2, 0) is 0 Å². The molecule has 0 aliphatic rings. The molecule has 0 N–H and O–H groups in total. The van der Waals surface area contributed by atoms with Crippen molar-refractivity contribution >= 4 is 5.71 Å². The van der Waals surface area contributed by atoms with Crippen molar-refractivity contribution in [3.8, 4) is 0 Å². The minimum atomic E-state index is 0.545. The van der Waals surface area contributed by atoms with E-state index < -0.39 is 0 Å². The van der Waals surface area contributed by atoms with Crippen LogP contribution in [0.2, 0.25) is 0 Å². The number of rotatable bonds is 4. The number of hydrogen-bond acceptors (Lipinski definition) is 1. The first-order chi connectivity index (χ1) is 6.04. The lowest BCUT2D eigenvalue weighted by atomic mass is 9.93. The van der Waals surface area contributed by atoms with Crippen LogP contribution in [0.3, 0.4) is 0 Å². The fourth-order valence-corrected chi connectivity index (χ4v) is 1.62. The predicted octanol–water partition coefficient (Wildman–Crippen LogP) is 3.97. The molecule has 1 nitrogen and oxygen atoms in total. The molecule has 0 bridgehead atoms. The highest BCUT2D eigenvalue weighted by molar-refractivity contribution is 5.99. The van der Waals surface area contributed by atoms with E-state index in [9.17, 15) is 0 Å². The minimum absolute atomic E-state index is 0.545. The minimum Gasteiger partial charge on any atom is -0.262 e. The summed E-state index contributed by atoms with van der Waals surface area (Å²) in [6.07, 6.45) is 2.71. The van der Waals surface area contributed by atoms with Crippen LogP contribution in [0.25, 0.3) is 0 Å². The molecule has 0 spiro atoms. The molecule has 0 radical (unpaired) electrons. The van der Waals surface area contributed by atoms with E-state index in [-0.39, 0.29) is 0 Å². The molecular formula is C12H21N. The van der Waals surface area contributed by atoms with Gasteiger partial charge in [0.25, 0.3) is 0 Å². The summed E-state index contributed by atoms with van der Waals surface area (Å²) in [5.74, 6) is 0.545. The van der Waals surface area contributed by atoms with Crippen molar-refractivity contribution in [3.05, 3.63) is 23.9 Å². The zero-order chi connectivity index (χ0) is 10.4. The Morgan fingerprint density at radius 2 is 1.92 bits per heavy atom. The molecule has 0 heterocycles. The summed E-state index contributed by atoms with van der Waals surface area (Å²) >= 11 is 0. The highest BCUT2D eigenvalue weighted by Gasteiger charge is 2.09. The van der Waals surface area contributed by atoms with Gasteiger partial charge >= 0.3 is 0 Å². The topological polar surface area (TPSA) is 12.4 Å². The summed E-state index contributed by atoms with van der Waals surface area (Å²) in [5, 5.41) is 0. The Hall–Kier alpha value is -0.850. The van der Waals surface area contributed by atoms with Gasteiger partial charge in [0, 0.05) is 11.9 Å². The first-order valence-electron chi connectivity index (χ1n) is 4.89. The van der Waals surface area contributed by atoms with Gasteiger partial charge in [0.2, 0.25) is 0 Å². The van der Waals surface area contributed by atoms with Gasteiger partial charge in [-0.15, -0.1) is 0 Å². The summed E-state index contributed by atoms with van der Waals surface area (Å²) in [6, 6.07) is 0. The van der Waals surface area contributed by atoms with E-state index in [1.807, 2.05) is 0 Å². The summed E-state index contributed by atoms with van der Waals surface area (Å²) in [4.78, 5) is 4.24. The van der Waals surface area contributed by atoms with E-state index in [0.717, 1.165) is 12.1 Å². The van der Waals surface area contributed by atoms with Crippen molar-refractivity contribution < 1.29 is 0 Å². The largest absolute Gasteiger partial charge is 0.262 e. The Balaban J connectivity index is 5.04. The van der Waals surface area contributed by atoms with Crippen molar-refractivity contribution in [1.82, 2.24) is 0 Å². The second-order valence-electron chi connectivity index (χ2n) is 3.60. The maximum absolute atomic E-state index is 4.24. The van der Waals surface area contributed by atoms with Crippen LogP contribution in [0.4, 0.5) is 0 Å². The molecule has 0 atom stereocenters. The van der Waals surface area contributed by atoms with Crippen LogP contribution < -0.4 is 0 Å². The van der Waals surface area contributed by atoms with E-state index >= 15 is 0 Å². The van der Waals surface area contributed by atoms with Gasteiger partial charge in [-0.2, -0.15) is 0 Å². The smallest absolute Gasteiger partial charge is 0.0406 e. The lowest BCUT2D eigenvalue weighted by Crippen LogP contribution is -2.07. The average Bonchev–Trinajstić information content (AvgIpc) is 2.04. The zero-order valence-electron chi connectivity index (χ0n) is 9.52. The van der Waals surface area contributed by atoms with E-state index in [0.29, 0.717) is 5.92 Å². The van der Waals surface area contributed by atoms with Gasteiger partial charge in [-0.05, 0) is 31.8 Å². The van der Waals surface area contributed by atoms with Crippen molar-refractivity contribution in [2.24, 2.45) is 10.9 Å². The Morgan fingerprint density at radius 1 is 1.38 bits per heavy atom. The molecule has 1 heteroatoms. The molecule has 0 unspecified atom stereocenters. The highest BCUT2D eigenvalue weighted by Crippen LogP contribution is 2.18. The lowest BCUT2D eigenvalue weighted by Gasteiger charge is -2.14. The van der Waals surface area contributed by atoms with Gasteiger partial charge in [-0.25, -0.2) is 0 Å². The summed E-state index contributed by atoms with van der Waals surface area (Å²) in [6.45, 7) is 14.4. The van der Waals surface area contributed by atoms with Gasteiger partial charge in [-0.3, -0.25) is 4.99 Å². The Labute approximate surface area is 82.3 Å². The van der Waals surface area contributed by atoms with Gasteiger partial charge in [0.05, 0.1) is 0 Å². The van der Waals surface area contributed by atoms with E-state index in [1.54, 1.807) is 6.20 Å². The molecule has 0 aliphatic carbocycles. The molecule has 0 aromatic rings. The number of aliphatic imine (C=N–C) groups is 1.